The summed E-state index contributed by atoms with van der Waals surface area (Å²) in [5, 5.41) is 3.13. The van der Waals surface area contributed by atoms with Gasteiger partial charge in [-0.2, -0.15) is 0 Å². The van der Waals surface area contributed by atoms with E-state index in [1.165, 1.54) is 5.56 Å². The quantitative estimate of drug-likeness (QED) is 0.869. The van der Waals surface area contributed by atoms with E-state index in [0.29, 0.717) is 0 Å². The van der Waals surface area contributed by atoms with Crippen molar-refractivity contribution in [3.63, 3.8) is 0 Å². The summed E-state index contributed by atoms with van der Waals surface area (Å²) in [6.45, 7) is 11.7. The molecular formula is C21H32N2O2. The van der Waals surface area contributed by atoms with Gasteiger partial charge in [0.25, 0.3) is 0 Å². The molecule has 2 rings (SSSR count). The fourth-order valence-corrected chi connectivity index (χ4v) is 4.00. The monoisotopic (exact) mass is 344 g/mol. The Morgan fingerprint density at radius 3 is 1.92 bits per heavy atom. The lowest BCUT2D eigenvalue weighted by Gasteiger charge is -2.31. The number of nitrogens with zero attached hydrogens (tertiary/aromatic N) is 1. The van der Waals surface area contributed by atoms with Gasteiger partial charge in [-0.25, -0.2) is 0 Å². The highest BCUT2D eigenvalue weighted by Gasteiger charge is 2.31. The molecular weight excluding hydrogens is 312 g/mol. The SMILES string of the molecule is CCN(CC)C(=O)C1CCC(C(=O)Nc2c(C)cc(C)cc2C)CC1. The van der Waals surface area contributed by atoms with Gasteiger partial charge in [0.15, 0.2) is 0 Å². The van der Waals surface area contributed by atoms with Crippen LogP contribution in [0.25, 0.3) is 0 Å². The number of anilines is 1. The highest BCUT2D eigenvalue weighted by molar-refractivity contribution is 5.94. The molecule has 1 aromatic rings. The van der Waals surface area contributed by atoms with Crippen molar-refractivity contribution in [2.45, 2.75) is 60.3 Å². The van der Waals surface area contributed by atoms with Gasteiger partial charge < -0.3 is 10.2 Å². The van der Waals surface area contributed by atoms with E-state index in [1.807, 2.05) is 32.6 Å². The van der Waals surface area contributed by atoms with Crippen LogP contribution in [0.4, 0.5) is 5.69 Å². The molecule has 25 heavy (non-hydrogen) atoms. The second kappa shape index (κ2) is 8.50. The van der Waals surface area contributed by atoms with Gasteiger partial charge in [0.2, 0.25) is 11.8 Å². The summed E-state index contributed by atoms with van der Waals surface area (Å²) in [6.07, 6.45) is 3.24. The molecule has 0 heterocycles. The van der Waals surface area contributed by atoms with E-state index in [-0.39, 0.29) is 23.7 Å². The average molecular weight is 344 g/mol. The lowest BCUT2D eigenvalue weighted by molar-refractivity contribution is -0.137. The third-order valence-electron chi connectivity index (χ3n) is 5.45. The molecule has 0 unspecified atom stereocenters. The van der Waals surface area contributed by atoms with Gasteiger partial charge in [-0.1, -0.05) is 17.7 Å². The predicted molar refractivity (Wildman–Crippen MR) is 103 cm³/mol. The number of aryl methyl sites for hydroxylation is 3. The minimum atomic E-state index is 0.0147. The Morgan fingerprint density at radius 2 is 1.44 bits per heavy atom. The number of rotatable bonds is 5. The molecule has 0 aliphatic heterocycles. The topological polar surface area (TPSA) is 49.4 Å². The minimum absolute atomic E-state index is 0.0147. The molecule has 138 valence electrons. The van der Waals surface area contributed by atoms with Crippen molar-refractivity contribution < 1.29 is 9.59 Å². The van der Waals surface area contributed by atoms with Gasteiger partial charge in [-0.05, 0) is 71.4 Å². The number of carbonyl (C=O) groups excluding carboxylic acids is 2. The molecule has 0 saturated heterocycles. The first-order valence-electron chi connectivity index (χ1n) is 9.54. The van der Waals surface area contributed by atoms with E-state index < -0.39 is 0 Å². The van der Waals surface area contributed by atoms with Crippen molar-refractivity contribution in [1.82, 2.24) is 4.90 Å². The highest BCUT2D eigenvalue weighted by Crippen LogP contribution is 2.32. The lowest BCUT2D eigenvalue weighted by Crippen LogP contribution is -2.38. The van der Waals surface area contributed by atoms with Gasteiger partial charge in [0, 0.05) is 30.6 Å². The number of hydrogen-bond acceptors (Lipinski definition) is 2. The molecule has 1 aliphatic carbocycles. The van der Waals surface area contributed by atoms with Crippen molar-refractivity contribution >= 4 is 17.5 Å². The Morgan fingerprint density at radius 1 is 0.960 bits per heavy atom. The Hall–Kier alpha value is -1.84. The highest BCUT2D eigenvalue weighted by atomic mass is 16.2. The molecule has 0 atom stereocenters. The number of nitrogens with one attached hydrogen (secondary N) is 1. The molecule has 1 aliphatic rings. The van der Waals surface area contributed by atoms with E-state index in [1.54, 1.807) is 0 Å². The van der Waals surface area contributed by atoms with Gasteiger partial charge >= 0.3 is 0 Å². The second-order valence-electron chi connectivity index (χ2n) is 7.32. The summed E-state index contributed by atoms with van der Waals surface area (Å²) in [4.78, 5) is 27.1. The lowest BCUT2D eigenvalue weighted by atomic mass is 9.80. The third-order valence-corrected chi connectivity index (χ3v) is 5.45. The van der Waals surface area contributed by atoms with Crippen LogP contribution >= 0.6 is 0 Å². The van der Waals surface area contributed by atoms with Crippen LogP contribution in [0.1, 0.15) is 56.2 Å². The molecule has 0 bridgehead atoms. The summed E-state index contributed by atoms with van der Waals surface area (Å²) in [7, 11) is 0. The van der Waals surface area contributed by atoms with Crippen LogP contribution in [0.5, 0.6) is 0 Å². The van der Waals surface area contributed by atoms with Crippen LogP contribution < -0.4 is 5.32 Å². The minimum Gasteiger partial charge on any atom is -0.343 e. The fraction of sp³-hybridized carbons (Fsp3) is 0.619. The van der Waals surface area contributed by atoms with Crippen molar-refractivity contribution in [2.24, 2.45) is 11.8 Å². The zero-order valence-corrected chi connectivity index (χ0v) is 16.3. The molecule has 2 amide bonds. The summed E-state index contributed by atoms with van der Waals surface area (Å²) in [5.41, 5.74) is 4.37. The largest absolute Gasteiger partial charge is 0.343 e. The standard InChI is InChI=1S/C21H32N2O2/c1-6-23(7-2)21(25)18-10-8-17(9-11-18)20(24)22-19-15(4)12-14(3)13-16(19)5/h12-13,17-18H,6-11H2,1-5H3,(H,22,24). The molecule has 0 spiro atoms. The maximum Gasteiger partial charge on any atom is 0.227 e. The summed E-state index contributed by atoms with van der Waals surface area (Å²) in [6, 6.07) is 4.20. The Bertz CT molecular complexity index is 604. The Labute approximate surface area is 152 Å². The van der Waals surface area contributed by atoms with Gasteiger partial charge in [-0.15, -0.1) is 0 Å². The van der Waals surface area contributed by atoms with Crippen LogP contribution in [0.3, 0.4) is 0 Å². The van der Waals surface area contributed by atoms with Crippen LogP contribution in [-0.4, -0.2) is 29.8 Å². The van der Waals surface area contributed by atoms with E-state index >= 15 is 0 Å². The Balaban J connectivity index is 1.95. The second-order valence-corrected chi connectivity index (χ2v) is 7.32. The molecule has 1 fully saturated rings. The summed E-state index contributed by atoms with van der Waals surface area (Å²) < 4.78 is 0. The van der Waals surface area contributed by atoms with Gasteiger partial charge in [-0.3, -0.25) is 9.59 Å². The van der Waals surface area contributed by atoms with E-state index in [9.17, 15) is 9.59 Å². The molecule has 4 heteroatoms. The van der Waals surface area contributed by atoms with Crippen LogP contribution in [0, 0.1) is 32.6 Å². The molecule has 4 nitrogen and oxygen atoms in total. The first kappa shape index (κ1) is 19.5. The summed E-state index contributed by atoms with van der Waals surface area (Å²) >= 11 is 0. The fourth-order valence-electron chi connectivity index (χ4n) is 4.00. The molecule has 1 saturated carbocycles. The summed E-state index contributed by atoms with van der Waals surface area (Å²) in [5.74, 6) is 0.463. The van der Waals surface area contributed by atoms with E-state index in [4.69, 9.17) is 0 Å². The van der Waals surface area contributed by atoms with Gasteiger partial charge in [0.05, 0.1) is 0 Å². The zero-order valence-electron chi connectivity index (χ0n) is 16.3. The van der Waals surface area contributed by atoms with Crippen molar-refractivity contribution in [3.8, 4) is 0 Å². The van der Waals surface area contributed by atoms with Crippen LogP contribution in [0.15, 0.2) is 12.1 Å². The molecule has 0 aromatic heterocycles. The van der Waals surface area contributed by atoms with E-state index in [2.05, 4.69) is 24.4 Å². The maximum absolute atomic E-state index is 12.7. The van der Waals surface area contributed by atoms with Gasteiger partial charge in [0.1, 0.15) is 0 Å². The smallest absolute Gasteiger partial charge is 0.227 e. The number of amides is 2. The number of carbonyl (C=O) groups is 2. The van der Waals surface area contributed by atoms with E-state index in [0.717, 1.165) is 55.6 Å². The first-order chi connectivity index (χ1) is 11.9. The molecule has 0 radical (unpaired) electrons. The van der Waals surface area contributed by atoms with Crippen molar-refractivity contribution in [1.29, 1.82) is 0 Å². The third kappa shape index (κ3) is 4.62. The number of hydrogen-bond donors (Lipinski definition) is 1. The normalized spacial score (nSPS) is 20.2. The number of benzene rings is 1. The van der Waals surface area contributed by atoms with Crippen molar-refractivity contribution in [3.05, 3.63) is 28.8 Å². The van der Waals surface area contributed by atoms with Crippen LogP contribution in [0.2, 0.25) is 0 Å². The molecule has 1 N–H and O–H groups in total. The average Bonchev–Trinajstić information content (AvgIpc) is 2.59. The predicted octanol–water partition coefficient (Wildman–Crippen LogP) is 4.23. The first-order valence-corrected chi connectivity index (χ1v) is 9.54. The maximum atomic E-state index is 12.7. The van der Waals surface area contributed by atoms with Crippen LogP contribution in [-0.2, 0) is 9.59 Å². The molecule has 1 aromatic carbocycles. The zero-order chi connectivity index (χ0) is 18.6. The Kier molecular flexibility index (Phi) is 6.63. The van der Waals surface area contributed by atoms with Crippen molar-refractivity contribution in [2.75, 3.05) is 18.4 Å².